The minimum absolute atomic E-state index is 0.104. The van der Waals surface area contributed by atoms with E-state index in [1.807, 2.05) is 36.4 Å². The summed E-state index contributed by atoms with van der Waals surface area (Å²) >= 11 is 6.08. The number of hydrogen-bond donors (Lipinski definition) is 2. The minimum Gasteiger partial charge on any atom is -0.497 e. The molecule has 8 nitrogen and oxygen atoms in total. The molecule has 3 aromatic carbocycles. The summed E-state index contributed by atoms with van der Waals surface area (Å²) < 4.78 is 16.1. The Kier molecular flexibility index (Phi) is 10.1. The van der Waals surface area contributed by atoms with Crippen LogP contribution in [-0.4, -0.2) is 32.1 Å². The van der Waals surface area contributed by atoms with Gasteiger partial charge < -0.3 is 25.8 Å². The van der Waals surface area contributed by atoms with Gasteiger partial charge in [0.25, 0.3) is 0 Å². The van der Waals surface area contributed by atoms with Crippen LogP contribution in [0.1, 0.15) is 30.0 Å². The number of hydrogen-bond acceptors (Lipinski definition) is 7. The zero-order valence-electron chi connectivity index (χ0n) is 22.3. The first-order valence-corrected chi connectivity index (χ1v) is 12.5. The van der Waals surface area contributed by atoms with Crippen molar-refractivity contribution in [1.29, 1.82) is 0 Å². The normalized spacial score (nSPS) is 11.9. The molecule has 204 valence electrons. The van der Waals surface area contributed by atoms with Crippen molar-refractivity contribution in [1.82, 2.24) is 0 Å². The Morgan fingerprint density at radius 2 is 1.62 bits per heavy atom. The fraction of sp³-hybridized carbons (Fsp3) is 0.200. The number of ether oxygens (including phenoxy) is 3. The van der Waals surface area contributed by atoms with Crippen LogP contribution in [0.15, 0.2) is 90.7 Å². The summed E-state index contributed by atoms with van der Waals surface area (Å²) in [4.78, 5) is 14.3. The van der Waals surface area contributed by atoms with Crippen LogP contribution >= 0.6 is 11.6 Å². The highest BCUT2D eigenvalue weighted by Gasteiger charge is 2.25. The highest BCUT2D eigenvalue weighted by Crippen LogP contribution is 2.36. The molecule has 0 saturated heterocycles. The highest BCUT2D eigenvalue weighted by atomic mass is 35.5. The SMILES string of the molecule is C=C(c1ccc(Cl)cc1)c1cc(OC)ccc1N(C(=C)[C@@H](N)CC(=O)OCc1ccc(OC)cc1)/C(C)=N\N. The number of nitrogens with zero attached hydrogens (tertiary/aromatic N) is 2. The first-order chi connectivity index (χ1) is 18.7. The zero-order chi connectivity index (χ0) is 28.5. The van der Waals surface area contributed by atoms with Gasteiger partial charge in [0.1, 0.15) is 23.9 Å². The largest absolute Gasteiger partial charge is 0.497 e. The molecule has 9 heteroatoms. The second-order valence-electron chi connectivity index (χ2n) is 8.69. The van der Waals surface area contributed by atoms with E-state index >= 15 is 0 Å². The van der Waals surface area contributed by atoms with Crippen LogP contribution in [-0.2, 0) is 16.1 Å². The number of hydrazone groups is 1. The predicted octanol–water partition coefficient (Wildman–Crippen LogP) is 5.49. The molecule has 0 bridgehead atoms. The quantitative estimate of drug-likeness (QED) is 0.107. The van der Waals surface area contributed by atoms with Gasteiger partial charge in [-0.05, 0) is 66.1 Å². The van der Waals surface area contributed by atoms with Crippen molar-refractivity contribution in [3.05, 3.63) is 107 Å². The molecule has 4 N–H and O–H groups in total. The molecule has 0 fully saturated rings. The minimum atomic E-state index is -0.788. The van der Waals surface area contributed by atoms with Crippen LogP contribution < -0.4 is 25.9 Å². The summed E-state index contributed by atoms with van der Waals surface area (Å²) in [5.74, 6) is 6.99. The van der Waals surface area contributed by atoms with E-state index in [9.17, 15) is 4.79 Å². The van der Waals surface area contributed by atoms with E-state index < -0.39 is 12.0 Å². The maximum Gasteiger partial charge on any atom is 0.308 e. The summed E-state index contributed by atoms with van der Waals surface area (Å²) in [6.07, 6.45) is -0.104. The van der Waals surface area contributed by atoms with Crippen LogP contribution in [0.25, 0.3) is 5.57 Å². The van der Waals surface area contributed by atoms with Gasteiger partial charge in [0.05, 0.1) is 32.4 Å². The molecule has 0 aliphatic heterocycles. The number of carbonyl (C=O) groups excluding carboxylic acids is 1. The van der Waals surface area contributed by atoms with Crippen LogP contribution in [0.4, 0.5) is 5.69 Å². The average Bonchev–Trinajstić information content (AvgIpc) is 2.96. The van der Waals surface area contributed by atoms with Crippen molar-refractivity contribution in [2.45, 2.75) is 26.0 Å². The standard InChI is InChI=1S/C30H33ClN4O4/c1-19(23-8-10-24(31)11-9-23)27-16-26(38-5)14-15-29(27)35(21(3)34-33)20(2)28(32)17-30(36)39-18-22-6-12-25(37-4)13-7-22/h6-16,28H,1-2,17-18,32-33H2,3-5H3/b34-21-/t28-/m0/s1. The summed E-state index contributed by atoms with van der Waals surface area (Å²) in [7, 11) is 3.17. The van der Waals surface area contributed by atoms with E-state index in [1.165, 1.54) is 0 Å². The Morgan fingerprint density at radius 1 is 1.00 bits per heavy atom. The van der Waals surface area contributed by atoms with E-state index in [-0.39, 0.29) is 13.0 Å². The topological polar surface area (TPSA) is 112 Å². The van der Waals surface area contributed by atoms with Gasteiger partial charge in [-0.1, -0.05) is 49.0 Å². The molecule has 0 amide bonds. The number of carbonyl (C=O) groups is 1. The van der Waals surface area contributed by atoms with Gasteiger partial charge in [-0.2, -0.15) is 5.10 Å². The van der Waals surface area contributed by atoms with Crippen LogP contribution in [0, 0.1) is 0 Å². The number of nitrogens with two attached hydrogens (primary N) is 2. The Bertz CT molecular complexity index is 1350. The number of methoxy groups -OCH3 is 2. The smallest absolute Gasteiger partial charge is 0.308 e. The first kappa shape index (κ1) is 29.3. The maximum atomic E-state index is 12.6. The molecule has 3 rings (SSSR count). The third-order valence-electron chi connectivity index (χ3n) is 6.13. The van der Waals surface area contributed by atoms with Gasteiger partial charge in [0.2, 0.25) is 0 Å². The number of halogens is 1. The molecule has 0 saturated carbocycles. The lowest BCUT2D eigenvalue weighted by atomic mass is 9.96. The van der Waals surface area contributed by atoms with Gasteiger partial charge in [-0.25, -0.2) is 0 Å². The summed E-state index contributed by atoms with van der Waals surface area (Å²) in [6.45, 7) is 10.3. The second-order valence-corrected chi connectivity index (χ2v) is 9.13. The summed E-state index contributed by atoms with van der Waals surface area (Å²) in [6, 6.07) is 19.3. The van der Waals surface area contributed by atoms with Crippen LogP contribution in [0.5, 0.6) is 11.5 Å². The number of esters is 1. The van der Waals surface area contributed by atoms with E-state index in [1.54, 1.807) is 56.4 Å². The molecule has 3 aromatic rings. The number of benzene rings is 3. The van der Waals surface area contributed by atoms with E-state index in [2.05, 4.69) is 18.3 Å². The lowest BCUT2D eigenvalue weighted by molar-refractivity contribution is -0.145. The molecule has 0 spiro atoms. The van der Waals surface area contributed by atoms with Gasteiger partial charge >= 0.3 is 5.97 Å². The van der Waals surface area contributed by atoms with E-state index in [4.69, 9.17) is 37.4 Å². The van der Waals surface area contributed by atoms with E-state index in [0.29, 0.717) is 33.6 Å². The number of anilines is 1. The van der Waals surface area contributed by atoms with Crippen LogP contribution in [0.2, 0.25) is 5.02 Å². The summed E-state index contributed by atoms with van der Waals surface area (Å²) in [5, 5.41) is 4.50. The molecule has 0 aliphatic rings. The molecule has 0 aromatic heterocycles. The van der Waals surface area contributed by atoms with Crippen molar-refractivity contribution in [3.8, 4) is 11.5 Å². The lowest BCUT2D eigenvalue weighted by Gasteiger charge is -2.31. The predicted molar refractivity (Wildman–Crippen MR) is 157 cm³/mol. The molecule has 1 atom stereocenters. The molecule has 39 heavy (non-hydrogen) atoms. The van der Waals surface area contributed by atoms with Crippen LogP contribution in [0.3, 0.4) is 0 Å². The van der Waals surface area contributed by atoms with E-state index in [0.717, 1.165) is 22.4 Å². The Morgan fingerprint density at radius 3 is 2.21 bits per heavy atom. The number of amidine groups is 1. The third-order valence-corrected chi connectivity index (χ3v) is 6.39. The van der Waals surface area contributed by atoms with Gasteiger partial charge in [0, 0.05) is 16.3 Å². The second kappa shape index (κ2) is 13.5. The zero-order valence-corrected chi connectivity index (χ0v) is 23.1. The van der Waals surface area contributed by atoms with Crippen molar-refractivity contribution >= 4 is 34.7 Å². The molecule has 0 radical (unpaired) electrons. The van der Waals surface area contributed by atoms with Gasteiger partial charge in [0.15, 0.2) is 0 Å². The van der Waals surface area contributed by atoms with Crippen molar-refractivity contribution in [2.24, 2.45) is 16.7 Å². The van der Waals surface area contributed by atoms with Crippen molar-refractivity contribution in [2.75, 3.05) is 19.1 Å². The highest BCUT2D eigenvalue weighted by molar-refractivity contribution is 6.30. The molecule has 0 aliphatic carbocycles. The maximum absolute atomic E-state index is 12.6. The van der Waals surface area contributed by atoms with Crippen molar-refractivity contribution < 1.29 is 19.0 Å². The Hall–Kier alpha value is -4.27. The van der Waals surface area contributed by atoms with Crippen molar-refractivity contribution in [3.63, 3.8) is 0 Å². The monoisotopic (exact) mass is 548 g/mol. The Balaban J connectivity index is 1.85. The molecule has 0 heterocycles. The average molecular weight is 549 g/mol. The first-order valence-electron chi connectivity index (χ1n) is 12.1. The molecular weight excluding hydrogens is 516 g/mol. The van der Waals surface area contributed by atoms with Gasteiger partial charge in [-0.15, -0.1) is 0 Å². The Labute approximate surface area is 234 Å². The lowest BCUT2D eigenvalue weighted by Crippen LogP contribution is -2.39. The number of rotatable bonds is 11. The third kappa shape index (κ3) is 7.40. The molecule has 0 unspecified atom stereocenters. The molecular formula is C30H33ClN4O4. The fourth-order valence-corrected chi connectivity index (χ4v) is 4.01. The van der Waals surface area contributed by atoms with Gasteiger partial charge in [-0.3, -0.25) is 9.69 Å². The fourth-order valence-electron chi connectivity index (χ4n) is 3.89. The summed E-state index contributed by atoms with van der Waals surface area (Å²) in [5.41, 5.74) is 10.6.